The Hall–Kier alpha value is -2.27. The summed E-state index contributed by atoms with van der Waals surface area (Å²) in [5.74, 6) is -0.389. The lowest BCUT2D eigenvalue weighted by Gasteiger charge is -2.42. The molecule has 38 heavy (non-hydrogen) atoms. The molecule has 0 atom stereocenters. The Balaban J connectivity index is 1.69. The van der Waals surface area contributed by atoms with Crippen LogP contribution in [0.15, 0.2) is 29.2 Å². The van der Waals surface area contributed by atoms with Gasteiger partial charge in [-0.3, -0.25) is 9.59 Å². The highest BCUT2D eigenvalue weighted by molar-refractivity contribution is 7.89. The van der Waals surface area contributed by atoms with E-state index in [1.54, 1.807) is 13.8 Å². The molecule has 1 fully saturated rings. The van der Waals surface area contributed by atoms with Crippen molar-refractivity contribution < 1.29 is 18.0 Å². The number of hydrogen-bond acceptors (Lipinski definition) is 6. The van der Waals surface area contributed by atoms with Gasteiger partial charge in [0, 0.05) is 47.7 Å². The molecule has 4 rings (SSSR count). The second kappa shape index (κ2) is 10.7. The molecule has 2 amide bonds. The van der Waals surface area contributed by atoms with E-state index >= 15 is 0 Å². The van der Waals surface area contributed by atoms with Crippen molar-refractivity contribution in [2.24, 2.45) is 0 Å². The van der Waals surface area contributed by atoms with Crippen LogP contribution in [-0.2, 0) is 22.0 Å². The van der Waals surface area contributed by atoms with Crippen LogP contribution in [0.3, 0.4) is 0 Å². The zero-order valence-corrected chi connectivity index (χ0v) is 24.9. The maximum Gasteiger partial charge on any atom is 0.257 e. The van der Waals surface area contributed by atoms with Crippen LogP contribution >= 0.6 is 11.3 Å². The molecular weight excluding hydrogens is 520 g/mol. The Labute approximate surface area is 230 Å². The van der Waals surface area contributed by atoms with Gasteiger partial charge in [0.15, 0.2) is 0 Å². The predicted molar refractivity (Wildman–Crippen MR) is 153 cm³/mol. The molecular formula is C28H40N4O4S2. The predicted octanol–water partition coefficient (Wildman–Crippen LogP) is 4.82. The lowest BCUT2D eigenvalue weighted by atomic mass is 9.81. The summed E-state index contributed by atoms with van der Waals surface area (Å²) in [6, 6.07) is 5.99. The minimum absolute atomic E-state index is 0.0216. The van der Waals surface area contributed by atoms with Crippen molar-refractivity contribution in [2.75, 3.05) is 31.5 Å². The van der Waals surface area contributed by atoms with Crippen molar-refractivity contribution in [3.8, 4) is 0 Å². The molecule has 0 aliphatic carbocycles. The lowest BCUT2D eigenvalue weighted by molar-refractivity contribution is 0.0723. The van der Waals surface area contributed by atoms with E-state index in [1.807, 2.05) is 4.90 Å². The average Bonchev–Trinajstić information content (AvgIpc) is 3.21. The zero-order chi connectivity index (χ0) is 27.9. The Morgan fingerprint density at radius 1 is 1.03 bits per heavy atom. The Bertz CT molecular complexity index is 1300. The van der Waals surface area contributed by atoms with E-state index < -0.39 is 10.0 Å². The Kier molecular flexibility index (Phi) is 8.10. The van der Waals surface area contributed by atoms with Gasteiger partial charge in [-0.2, -0.15) is 4.31 Å². The van der Waals surface area contributed by atoms with E-state index in [-0.39, 0.29) is 27.8 Å². The number of nitrogens with zero attached hydrogens (tertiary/aromatic N) is 2. The number of carbonyl (C=O) groups excluding carboxylic acids is 2. The van der Waals surface area contributed by atoms with Crippen molar-refractivity contribution in [1.29, 1.82) is 0 Å². The molecule has 0 saturated carbocycles. The Morgan fingerprint density at radius 3 is 2.21 bits per heavy atom. The number of rotatable bonds is 7. The van der Waals surface area contributed by atoms with Gasteiger partial charge >= 0.3 is 0 Å². The Morgan fingerprint density at radius 2 is 1.63 bits per heavy atom. The largest absolute Gasteiger partial charge is 0.339 e. The van der Waals surface area contributed by atoms with Crippen LogP contribution in [0.25, 0.3) is 0 Å². The number of hydrogen-bond donors (Lipinski definition) is 2. The molecule has 2 aliphatic heterocycles. The summed E-state index contributed by atoms with van der Waals surface area (Å²) in [4.78, 5) is 30.4. The van der Waals surface area contributed by atoms with Gasteiger partial charge in [-0.05, 0) is 83.2 Å². The molecule has 1 aromatic carbocycles. The molecule has 10 heteroatoms. The third-order valence-electron chi connectivity index (χ3n) is 7.39. The third kappa shape index (κ3) is 5.54. The van der Waals surface area contributed by atoms with E-state index in [2.05, 4.69) is 38.3 Å². The first-order valence-electron chi connectivity index (χ1n) is 13.5. The van der Waals surface area contributed by atoms with Crippen molar-refractivity contribution in [3.63, 3.8) is 0 Å². The van der Waals surface area contributed by atoms with Gasteiger partial charge < -0.3 is 15.5 Å². The van der Waals surface area contributed by atoms with Crippen LogP contribution in [-0.4, -0.2) is 61.2 Å². The molecule has 8 nitrogen and oxygen atoms in total. The van der Waals surface area contributed by atoms with Crippen molar-refractivity contribution in [3.05, 3.63) is 45.8 Å². The van der Waals surface area contributed by atoms with E-state index in [1.165, 1.54) is 39.9 Å². The zero-order valence-electron chi connectivity index (χ0n) is 23.3. The molecule has 2 aromatic rings. The van der Waals surface area contributed by atoms with E-state index in [9.17, 15) is 18.0 Å². The minimum atomic E-state index is -3.61. The summed E-state index contributed by atoms with van der Waals surface area (Å²) in [5, 5.41) is 7.26. The number of piperidine rings is 1. The normalized spacial score (nSPS) is 18.8. The number of carbonyl (C=O) groups is 2. The third-order valence-corrected chi connectivity index (χ3v) is 10.9. The second-order valence-corrected chi connectivity index (χ2v) is 14.3. The fraction of sp³-hybridized carbons (Fsp3) is 0.571. The van der Waals surface area contributed by atoms with Gasteiger partial charge in [-0.25, -0.2) is 8.42 Å². The summed E-state index contributed by atoms with van der Waals surface area (Å²) in [6.07, 6.45) is 3.78. The molecule has 0 radical (unpaired) electrons. The molecule has 3 heterocycles. The number of thiophene rings is 1. The maximum absolute atomic E-state index is 13.9. The quantitative estimate of drug-likeness (QED) is 0.506. The molecule has 1 aromatic heterocycles. The number of fused-ring (bicyclic) bond motifs is 1. The summed E-state index contributed by atoms with van der Waals surface area (Å²) in [5.41, 5.74) is 1.38. The van der Waals surface area contributed by atoms with Crippen molar-refractivity contribution in [2.45, 2.75) is 83.2 Å². The van der Waals surface area contributed by atoms with Crippen molar-refractivity contribution in [1.82, 2.24) is 14.5 Å². The van der Waals surface area contributed by atoms with Gasteiger partial charge in [-0.15, -0.1) is 11.3 Å². The first-order valence-corrected chi connectivity index (χ1v) is 15.7. The topological polar surface area (TPSA) is 98.8 Å². The van der Waals surface area contributed by atoms with Gasteiger partial charge in [0.1, 0.15) is 5.00 Å². The minimum Gasteiger partial charge on any atom is -0.339 e. The van der Waals surface area contributed by atoms with Crippen LogP contribution < -0.4 is 10.6 Å². The monoisotopic (exact) mass is 560 g/mol. The lowest BCUT2D eigenvalue weighted by Crippen LogP contribution is -2.55. The number of nitrogens with one attached hydrogen (secondary N) is 2. The standard InChI is InChI=1S/C28H40N4O4S2/c1-7-32(8-2)38(35,36)20-14-12-19(13-15-20)24(33)29-25-22(26(34)31-16-10-9-11-17-31)21-18-27(3,4)30-28(5,6)23(21)37-25/h12-15,30H,7-11,16-18H2,1-6H3,(H,29,33). The molecule has 1 saturated heterocycles. The van der Waals surface area contributed by atoms with E-state index in [0.29, 0.717) is 35.6 Å². The number of benzene rings is 1. The summed E-state index contributed by atoms with van der Waals surface area (Å²) >= 11 is 1.46. The first-order chi connectivity index (χ1) is 17.8. The summed E-state index contributed by atoms with van der Waals surface area (Å²) in [7, 11) is -3.61. The van der Waals surface area contributed by atoms with Crippen LogP contribution in [0.1, 0.15) is 92.0 Å². The molecule has 2 aliphatic rings. The van der Waals surface area contributed by atoms with Crippen molar-refractivity contribution >= 4 is 38.2 Å². The van der Waals surface area contributed by atoms with Crippen LogP contribution in [0, 0.1) is 0 Å². The van der Waals surface area contributed by atoms with E-state index in [4.69, 9.17) is 0 Å². The molecule has 208 valence electrons. The number of anilines is 1. The highest BCUT2D eigenvalue weighted by Crippen LogP contribution is 2.45. The van der Waals surface area contributed by atoms with Gasteiger partial charge in [-0.1, -0.05) is 13.8 Å². The van der Waals surface area contributed by atoms with Crippen LogP contribution in [0.5, 0.6) is 0 Å². The maximum atomic E-state index is 13.9. The fourth-order valence-electron chi connectivity index (χ4n) is 5.76. The first kappa shape index (κ1) is 28.7. The molecule has 0 spiro atoms. The number of likely N-dealkylation sites (tertiary alicyclic amines) is 1. The highest BCUT2D eigenvalue weighted by Gasteiger charge is 2.42. The molecule has 0 bridgehead atoms. The summed E-state index contributed by atoms with van der Waals surface area (Å²) in [6.45, 7) is 14.3. The van der Waals surface area contributed by atoms with Crippen LogP contribution in [0.2, 0.25) is 0 Å². The number of sulfonamides is 1. The smallest absolute Gasteiger partial charge is 0.257 e. The summed E-state index contributed by atoms with van der Waals surface area (Å²) < 4.78 is 27.1. The fourth-order valence-corrected chi connectivity index (χ4v) is 8.49. The van der Waals surface area contributed by atoms with Gasteiger partial charge in [0.25, 0.3) is 11.8 Å². The van der Waals surface area contributed by atoms with Gasteiger partial charge in [0.2, 0.25) is 10.0 Å². The van der Waals surface area contributed by atoms with Gasteiger partial charge in [0.05, 0.1) is 10.5 Å². The molecule has 2 N–H and O–H groups in total. The van der Waals surface area contributed by atoms with E-state index in [0.717, 1.165) is 42.8 Å². The number of amides is 2. The SMILES string of the molecule is CCN(CC)S(=O)(=O)c1ccc(C(=O)Nc2sc3c(c2C(=O)N2CCCCC2)CC(C)(C)NC3(C)C)cc1. The average molecular weight is 561 g/mol. The molecule has 0 unspecified atom stereocenters. The van der Waals surface area contributed by atoms with Crippen LogP contribution in [0.4, 0.5) is 5.00 Å². The second-order valence-electron chi connectivity index (χ2n) is 11.3. The highest BCUT2D eigenvalue weighted by atomic mass is 32.2.